The summed E-state index contributed by atoms with van der Waals surface area (Å²) >= 11 is 8.94. The van der Waals surface area contributed by atoms with Crippen molar-refractivity contribution in [2.24, 2.45) is 4.99 Å². The smallest absolute Gasteiger partial charge is 0.156 e. The van der Waals surface area contributed by atoms with Crippen molar-refractivity contribution in [2.75, 3.05) is 21.2 Å². The number of hydrogen-bond donors (Lipinski definition) is 0. The molecule has 2 unspecified atom stereocenters. The van der Waals surface area contributed by atoms with E-state index in [4.69, 9.17) is 16.3 Å². The Balaban J connectivity index is 1.86. The third-order valence-corrected chi connectivity index (χ3v) is 5.94. The van der Waals surface area contributed by atoms with Gasteiger partial charge >= 0.3 is 0 Å². The van der Waals surface area contributed by atoms with Crippen LogP contribution in [0.25, 0.3) is 0 Å². The van der Waals surface area contributed by atoms with Crippen LogP contribution in [0.2, 0.25) is 0 Å². The molecular formula is C15H18ClIN4O. The molecule has 2 heterocycles. The minimum Gasteiger partial charge on any atom is -0.497 e. The minimum atomic E-state index is -0.185. The van der Waals surface area contributed by atoms with Crippen molar-refractivity contribution in [2.45, 2.75) is 16.2 Å². The van der Waals surface area contributed by atoms with Crippen LogP contribution in [0.5, 0.6) is 5.75 Å². The van der Waals surface area contributed by atoms with E-state index in [1.165, 1.54) is 5.56 Å². The third kappa shape index (κ3) is 2.62. The van der Waals surface area contributed by atoms with Gasteiger partial charge in [-0.25, -0.2) is 4.99 Å². The van der Waals surface area contributed by atoms with E-state index in [9.17, 15) is 0 Å². The van der Waals surface area contributed by atoms with Crippen molar-refractivity contribution in [1.29, 1.82) is 0 Å². The predicted octanol–water partition coefficient (Wildman–Crippen LogP) is 2.87. The molecule has 0 amide bonds. The van der Waals surface area contributed by atoms with Crippen molar-refractivity contribution in [3.05, 3.63) is 41.3 Å². The first kappa shape index (κ1) is 15.7. The number of methoxy groups -OCH3 is 1. The first-order valence-corrected chi connectivity index (χ1v) is 8.62. The standard InChI is InChI=1S/C15H18ClIN4O/c1-19-9-18-14-12(13(19)16)20(2)15(17)21(14)8-10-4-6-11(22-3)7-5-10/h4-7,9,13,15H,8H2,1-3H3. The predicted molar refractivity (Wildman–Crippen MR) is 97.0 cm³/mol. The molecule has 2 atom stereocenters. The van der Waals surface area contributed by atoms with Gasteiger partial charge in [-0.15, -0.1) is 0 Å². The Kier molecular flexibility index (Phi) is 4.40. The molecule has 0 aliphatic carbocycles. The highest BCUT2D eigenvalue weighted by atomic mass is 127. The molecule has 3 rings (SSSR count). The lowest BCUT2D eigenvalue weighted by Crippen LogP contribution is -2.36. The van der Waals surface area contributed by atoms with Crippen LogP contribution in [0.15, 0.2) is 40.8 Å². The zero-order valence-electron chi connectivity index (χ0n) is 12.7. The van der Waals surface area contributed by atoms with Crippen LogP contribution in [0.1, 0.15) is 5.56 Å². The Morgan fingerprint density at radius 2 is 1.95 bits per heavy atom. The number of aliphatic imine (C=N–C) groups is 1. The average molecular weight is 433 g/mol. The molecule has 22 heavy (non-hydrogen) atoms. The number of rotatable bonds is 3. The molecule has 0 fully saturated rings. The molecule has 5 nitrogen and oxygen atoms in total. The van der Waals surface area contributed by atoms with Crippen LogP contribution in [0.4, 0.5) is 0 Å². The number of hydrogen-bond acceptors (Lipinski definition) is 5. The normalized spacial score (nSPS) is 24.1. The van der Waals surface area contributed by atoms with E-state index in [1.54, 1.807) is 13.4 Å². The molecule has 0 bridgehead atoms. The summed E-state index contributed by atoms with van der Waals surface area (Å²) in [6.07, 6.45) is 1.79. The number of nitrogens with zero attached hydrogens (tertiary/aromatic N) is 4. The Bertz CT molecular complexity index is 618. The lowest BCUT2D eigenvalue weighted by atomic mass is 10.2. The minimum absolute atomic E-state index is 0.185. The maximum Gasteiger partial charge on any atom is 0.156 e. The van der Waals surface area contributed by atoms with Gasteiger partial charge in [-0.2, -0.15) is 0 Å². The molecule has 2 aliphatic rings. The molecule has 1 aromatic carbocycles. The molecular weight excluding hydrogens is 415 g/mol. The van der Waals surface area contributed by atoms with Crippen molar-refractivity contribution in [1.82, 2.24) is 14.7 Å². The van der Waals surface area contributed by atoms with Crippen LogP contribution >= 0.6 is 34.2 Å². The maximum absolute atomic E-state index is 6.52. The second-order valence-corrected chi connectivity index (χ2v) is 6.88. The maximum atomic E-state index is 6.52. The number of ether oxygens (including phenoxy) is 1. The van der Waals surface area contributed by atoms with Gasteiger partial charge in [0, 0.05) is 20.6 Å². The number of alkyl halides is 2. The first-order valence-electron chi connectivity index (χ1n) is 6.93. The largest absolute Gasteiger partial charge is 0.497 e. The van der Waals surface area contributed by atoms with Gasteiger partial charge in [-0.05, 0) is 40.3 Å². The highest BCUT2D eigenvalue weighted by Crippen LogP contribution is 2.39. The molecule has 0 spiro atoms. The Morgan fingerprint density at radius 3 is 2.59 bits per heavy atom. The highest BCUT2D eigenvalue weighted by molar-refractivity contribution is 14.1. The van der Waals surface area contributed by atoms with Gasteiger partial charge in [0.15, 0.2) is 9.99 Å². The second kappa shape index (κ2) is 6.16. The van der Waals surface area contributed by atoms with Crippen LogP contribution in [-0.4, -0.2) is 51.9 Å². The molecule has 1 aromatic rings. The van der Waals surface area contributed by atoms with Crippen molar-refractivity contribution < 1.29 is 4.74 Å². The molecule has 2 aliphatic heterocycles. The van der Waals surface area contributed by atoms with Gasteiger partial charge in [-0.3, -0.25) is 0 Å². The number of likely N-dealkylation sites (N-methyl/N-ethyl adjacent to an activating group) is 2. The van der Waals surface area contributed by atoms with Gasteiger partial charge in [0.05, 0.1) is 19.1 Å². The Labute approximate surface area is 149 Å². The number of benzene rings is 1. The summed E-state index contributed by atoms with van der Waals surface area (Å²) in [6.45, 7) is 0.783. The fourth-order valence-electron chi connectivity index (χ4n) is 2.62. The first-order chi connectivity index (χ1) is 10.5. The van der Waals surface area contributed by atoms with Crippen molar-refractivity contribution in [3.8, 4) is 5.75 Å². The molecule has 0 N–H and O–H groups in total. The van der Waals surface area contributed by atoms with E-state index >= 15 is 0 Å². The average Bonchev–Trinajstić information content (AvgIpc) is 2.77. The quantitative estimate of drug-likeness (QED) is 0.418. The summed E-state index contributed by atoms with van der Waals surface area (Å²) in [5.74, 6) is 1.82. The summed E-state index contributed by atoms with van der Waals surface area (Å²) in [7, 11) is 5.67. The van der Waals surface area contributed by atoms with E-state index < -0.39 is 0 Å². The number of halogens is 2. The van der Waals surface area contributed by atoms with Gasteiger partial charge in [0.1, 0.15) is 11.3 Å². The van der Waals surface area contributed by atoms with Crippen molar-refractivity contribution in [3.63, 3.8) is 0 Å². The van der Waals surface area contributed by atoms with E-state index in [0.717, 1.165) is 23.8 Å². The summed E-state index contributed by atoms with van der Waals surface area (Å²) in [5.41, 5.74) is 2.08. The van der Waals surface area contributed by atoms with Gasteiger partial charge in [0.2, 0.25) is 0 Å². The zero-order chi connectivity index (χ0) is 15.9. The molecule has 0 aromatic heterocycles. The second-order valence-electron chi connectivity index (χ2n) is 5.35. The molecule has 0 radical (unpaired) electrons. The lowest BCUT2D eigenvalue weighted by Gasteiger charge is -2.29. The van der Waals surface area contributed by atoms with E-state index in [1.807, 2.05) is 24.1 Å². The zero-order valence-corrected chi connectivity index (χ0v) is 15.6. The van der Waals surface area contributed by atoms with Crippen LogP contribution < -0.4 is 4.74 Å². The van der Waals surface area contributed by atoms with Crippen molar-refractivity contribution >= 4 is 40.5 Å². The Hall–Kier alpha value is -1.15. The fraction of sp³-hybridized carbons (Fsp3) is 0.400. The lowest BCUT2D eigenvalue weighted by molar-refractivity contribution is 0.247. The van der Waals surface area contributed by atoms with E-state index in [2.05, 4.69) is 56.6 Å². The third-order valence-electron chi connectivity index (χ3n) is 3.92. The van der Waals surface area contributed by atoms with Gasteiger partial charge < -0.3 is 19.4 Å². The summed E-state index contributed by atoms with van der Waals surface area (Å²) in [6, 6.07) is 8.12. The fourth-order valence-corrected chi connectivity index (χ4v) is 3.68. The monoisotopic (exact) mass is 432 g/mol. The molecule has 118 valence electrons. The molecule has 7 heteroatoms. The molecule has 0 saturated carbocycles. The van der Waals surface area contributed by atoms with Crippen LogP contribution in [-0.2, 0) is 6.54 Å². The van der Waals surface area contributed by atoms with Crippen LogP contribution in [0.3, 0.4) is 0 Å². The highest BCUT2D eigenvalue weighted by Gasteiger charge is 2.40. The van der Waals surface area contributed by atoms with E-state index in [-0.39, 0.29) is 9.67 Å². The SMILES string of the molecule is COc1ccc(CN2C3=C(C(Cl)N(C)C=N3)N(C)C2I)cc1. The topological polar surface area (TPSA) is 31.3 Å². The summed E-state index contributed by atoms with van der Waals surface area (Å²) < 4.78 is 5.40. The summed E-state index contributed by atoms with van der Waals surface area (Å²) in [5, 5.41) is 0. The van der Waals surface area contributed by atoms with Gasteiger partial charge in [-0.1, -0.05) is 23.7 Å². The van der Waals surface area contributed by atoms with Gasteiger partial charge in [0.25, 0.3) is 0 Å². The van der Waals surface area contributed by atoms with Crippen LogP contribution in [0, 0.1) is 0 Å². The molecule has 0 saturated heterocycles. The Morgan fingerprint density at radius 1 is 1.27 bits per heavy atom. The summed E-state index contributed by atoms with van der Waals surface area (Å²) in [4.78, 5) is 10.9. The van der Waals surface area contributed by atoms with E-state index in [0.29, 0.717) is 0 Å².